The van der Waals surface area contributed by atoms with Crippen molar-refractivity contribution in [3.05, 3.63) is 48.2 Å². The number of β-amino-alcohol motifs (C(OH)–C–C–N with tert-alkyl or cyclic N) is 1. The highest BCUT2D eigenvalue weighted by molar-refractivity contribution is 5.85. The normalized spacial score (nSPS) is 18.4. The van der Waals surface area contributed by atoms with E-state index in [1.807, 2.05) is 42.1 Å². The molecule has 1 aliphatic heterocycles. The lowest BCUT2D eigenvalue weighted by atomic mass is 9.91. The lowest BCUT2D eigenvalue weighted by Gasteiger charge is -2.39. The van der Waals surface area contributed by atoms with Crippen LogP contribution in [0, 0.1) is 6.92 Å². The number of nitrogens with one attached hydrogen (secondary N) is 1. The fourth-order valence-corrected chi connectivity index (χ4v) is 4.06. The van der Waals surface area contributed by atoms with E-state index in [0.29, 0.717) is 25.9 Å². The molecule has 7 nitrogen and oxygen atoms in total. The Morgan fingerprint density at radius 2 is 2.11 bits per heavy atom. The summed E-state index contributed by atoms with van der Waals surface area (Å²) in [4.78, 5) is 9.67. The van der Waals surface area contributed by atoms with Crippen molar-refractivity contribution in [2.24, 2.45) is 0 Å². The Balaban J connectivity index is 1.39. The molecule has 7 heteroatoms. The summed E-state index contributed by atoms with van der Waals surface area (Å²) in [5, 5.41) is 22.7. The number of fused-ring (bicyclic) bond motifs is 1. The molecule has 3 N–H and O–H groups in total. The van der Waals surface area contributed by atoms with Gasteiger partial charge in [-0.15, -0.1) is 0 Å². The summed E-state index contributed by atoms with van der Waals surface area (Å²) in [5.41, 5.74) is 1.14. The number of aromatic amines is 1. The summed E-state index contributed by atoms with van der Waals surface area (Å²) in [6.07, 6.45) is 6.31. The SMILES string of the molecule is COc1ccc2[nH]cc([C@@H](O)CN3CCC(O)(Cn4ccnc4C)CC3)c2c1. The summed E-state index contributed by atoms with van der Waals surface area (Å²) in [5.74, 6) is 1.69. The molecule has 1 atom stereocenters. The van der Waals surface area contributed by atoms with Gasteiger partial charge in [0.05, 0.1) is 25.4 Å². The summed E-state index contributed by atoms with van der Waals surface area (Å²) in [6.45, 7) is 4.58. The van der Waals surface area contributed by atoms with Crippen LogP contribution in [-0.2, 0) is 6.54 Å². The Kier molecular flexibility index (Phi) is 5.14. The lowest BCUT2D eigenvalue weighted by Crippen LogP contribution is -2.47. The maximum absolute atomic E-state index is 10.9. The van der Waals surface area contributed by atoms with Crippen molar-refractivity contribution in [3.63, 3.8) is 0 Å². The fourth-order valence-electron chi connectivity index (χ4n) is 4.06. The van der Waals surface area contributed by atoms with Crippen molar-refractivity contribution < 1.29 is 14.9 Å². The molecular weight excluding hydrogens is 356 g/mol. The molecule has 0 aliphatic carbocycles. The predicted molar refractivity (Wildman–Crippen MR) is 107 cm³/mol. The zero-order chi connectivity index (χ0) is 19.7. The monoisotopic (exact) mass is 384 g/mol. The molecule has 0 radical (unpaired) electrons. The maximum Gasteiger partial charge on any atom is 0.119 e. The van der Waals surface area contributed by atoms with Crippen molar-refractivity contribution in [1.29, 1.82) is 0 Å². The molecule has 0 spiro atoms. The quantitative estimate of drug-likeness (QED) is 0.607. The molecule has 0 bridgehead atoms. The molecule has 1 aromatic carbocycles. The molecule has 0 saturated carbocycles. The first-order chi connectivity index (χ1) is 13.5. The first-order valence-corrected chi connectivity index (χ1v) is 9.73. The van der Waals surface area contributed by atoms with E-state index >= 15 is 0 Å². The Morgan fingerprint density at radius 1 is 1.32 bits per heavy atom. The van der Waals surface area contributed by atoms with E-state index in [2.05, 4.69) is 14.9 Å². The Labute approximate surface area is 164 Å². The number of aliphatic hydroxyl groups excluding tert-OH is 1. The predicted octanol–water partition coefficient (Wildman–Crippen LogP) is 2.24. The molecule has 2 aromatic heterocycles. The highest BCUT2D eigenvalue weighted by Crippen LogP contribution is 2.30. The first kappa shape index (κ1) is 19.0. The Bertz CT molecular complexity index is 940. The van der Waals surface area contributed by atoms with Gasteiger partial charge in [-0.2, -0.15) is 0 Å². The maximum atomic E-state index is 10.9. The highest BCUT2D eigenvalue weighted by Gasteiger charge is 2.33. The number of rotatable bonds is 6. The smallest absolute Gasteiger partial charge is 0.119 e. The van der Waals surface area contributed by atoms with Gasteiger partial charge in [0.1, 0.15) is 11.6 Å². The number of hydrogen-bond acceptors (Lipinski definition) is 5. The molecule has 0 amide bonds. The molecule has 1 fully saturated rings. The summed E-state index contributed by atoms with van der Waals surface area (Å²) in [6, 6.07) is 5.82. The number of H-pyrrole nitrogens is 1. The van der Waals surface area contributed by atoms with Crippen molar-refractivity contribution in [1.82, 2.24) is 19.4 Å². The van der Waals surface area contributed by atoms with Gasteiger partial charge < -0.3 is 29.4 Å². The average molecular weight is 384 g/mol. The Hall–Kier alpha value is -2.35. The van der Waals surface area contributed by atoms with Gasteiger partial charge in [0, 0.05) is 54.7 Å². The number of methoxy groups -OCH3 is 1. The van der Waals surface area contributed by atoms with Gasteiger partial charge >= 0.3 is 0 Å². The number of imidazole rings is 1. The number of aromatic nitrogens is 3. The molecular formula is C21H28N4O3. The third-order valence-electron chi connectivity index (χ3n) is 5.89. The zero-order valence-electron chi connectivity index (χ0n) is 16.4. The van der Waals surface area contributed by atoms with Crippen LogP contribution in [0.5, 0.6) is 5.75 Å². The first-order valence-electron chi connectivity index (χ1n) is 9.73. The molecule has 1 saturated heterocycles. The minimum Gasteiger partial charge on any atom is -0.497 e. The third kappa shape index (κ3) is 3.78. The van der Waals surface area contributed by atoms with E-state index in [1.54, 1.807) is 13.3 Å². The van der Waals surface area contributed by atoms with Gasteiger partial charge in [-0.05, 0) is 38.0 Å². The number of aryl methyl sites for hydroxylation is 1. The average Bonchev–Trinajstić information content (AvgIpc) is 3.29. The van der Waals surface area contributed by atoms with E-state index in [1.165, 1.54) is 0 Å². The van der Waals surface area contributed by atoms with Gasteiger partial charge in [-0.3, -0.25) is 0 Å². The molecule has 0 unspecified atom stereocenters. The second-order valence-electron chi connectivity index (χ2n) is 7.80. The van der Waals surface area contributed by atoms with E-state index < -0.39 is 11.7 Å². The molecule has 28 heavy (non-hydrogen) atoms. The number of likely N-dealkylation sites (tertiary alicyclic amines) is 1. The van der Waals surface area contributed by atoms with E-state index in [9.17, 15) is 10.2 Å². The van der Waals surface area contributed by atoms with Crippen molar-refractivity contribution in [3.8, 4) is 5.75 Å². The largest absolute Gasteiger partial charge is 0.497 e. The highest BCUT2D eigenvalue weighted by atomic mass is 16.5. The van der Waals surface area contributed by atoms with Gasteiger partial charge in [0.25, 0.3) is 0 Å². The van der Waals surface area contributed by atoms with Gasteiger partial charge in [-0.25, -0.2) is 4.98 Å². The van der Waals surface area contributed by atoms with Crippen molar-refractivity contribution in [2.75, 3.05) is 26.7 Å². The van der Waals surface area contributed by atoms with Crippen LogP contribution in [0.25, 0.3) is 10.9 Å². The zero-order valence-corrected chi connectivity index (χ0v) is 16.4. The van der Waals surface area contributed by atoms with Crippen LogP contribution in [-0.4, -0.2) is 62.0 Å². The summed E-state index contributed by atoms with van der Waals surface area (Å²) >= 11 is 0. The minimum absolute atomic E-state index is 0.546. The third-order valence-corrected chi connectivity index (χ3v) is 5.89. The second-order valence-corrected chi connectivity index (χ2v) is 7.80. The van der Waals surface area contributed by atoms with Crippen LogP contribution in [0.15, 0.2) is 36.8 Å². The molecule has 3 aromatic rings. The van der Waals surface area contributed by atoms with Gasteiger partial charge in [0.15, 0.2) is 0 Å². The molecule has 1 aliphatic rings. The van der Waals surface area contributed by atoms with Gasteiger partial charge in [-0.1, -0.05) is 0 Å². The number of nitrogens with zero attached hydrogens (tertiary/aromatic N) is 3. The topological polar surface area (TPSA) is 86.5 Å². The lowest BCUT2D eigenvalue weighted by molar-refractivity contribution is -0.0417. The van der Waals surface area contributed by atoms with Crippen molar-refractivity contribution in [2.45, 2.75) is 38.0 Å². The van der Waals surface area contributed by atoms with Crippen LogP contribution in [0.3, 0.4) is 0 Å². The Morgan fingerprint density at radius 3 is 2.79 bits per heavy atom. The minimum atomic E-state index is -0.721. The van der Waals surface area contributed by atoms with E-state index in [0.717, 1.165) is 41.1 Å². The summed E-state index contributed by atoms with van der Waals surface area (Å²) in [7, 11) is 1.64. The molecule has 3 heterocycles. The van der Waals surface area contributed by atoms with Crippen LogP contribution in [0.1, 0.15) is 30.3 Å². The number of ether oxygens (including phenoxy) is 1. The van der Waals surface area contributed by atoms with Crippen LogP contribution >= 0.6 is 0 Å². The van der Waals surface area contributed by atoms with Gasteiger partial charge in [0.2, 0.25) is 0 Å². The summed E-state index contributed by atoms with van der Waals surface area (Å²) < 4.78 is 7.31. The van der Waals surface area contributed by atoms with Crippen LogP contribution < -0.4 is 4.74 Å². The molecule has 150 valence electrons. The van der Waals surface area contributed by atoms with Crippen LogP contribution in [0.2, 0.25) is 0 Å². The number of aliphatic hydroxyl groups is 2. The standard InChI is InChI=1S/C21H28N4O3/c1-15-22-7-10-25(15)14-21(27)5-8-24(9-6-21)13-20(26)18-12-23-19-4-3-16(28-2)11-17(18)19/h3-4,7,10-12,20,23,26-27H,5-6,8-9,13-14H2,1-2H3/t20-/m0/s1. The number of piperidine rings is 1. The van der Waals surface area contributed by atoms with E-state index in [4.69, 9.17) is 4.74 Å². The van der Waals surface area contributed by atoms with Crippen LogP contribution in [0.4, 0.5) is 0 Å². The molecule has 4 rings (SSSR count). The van der Waals surface area contributed by atoms with Crippen molar-refractivity contribution >= 4 is 10.9 Å². The fraction of sp³-hybridized carbons (Fsp3) is 0.476. The number of benzene rings is 1. The second kappa shape index (κ2) is 7.58. The number of hydrogen-bond donors (Lipinski definition) is 3. The van der Waals surface area contributed by atoms with E-state index in [-0.39, 0.29) is 0 Å².